The van der Waals surface area contributed by atoms with E-state index in [1.807, 2.05) is 11.4 Å². The standard InChI is InChI=1S/C14H18N4O2S/c1-18(12(19)6-9-2-4-15-7-9)8-11-16-10-3-5-21-13(10)14(20)17-11/h3,5,9,15H,2,4,6-8H2,1H3,(H,16,17,20). The Kier molecular flexibility index (Phi) is 4.03. The van der Waals surface area contributed by atoms with Crippen LogP contribution in [0.4, 0.5) is 0 Å². The summed E-state index contributed by atoms with van der Waals surface area (Å²) >= 11 is 1.38. The molecule has 7 heteroatoms. The summed E-state index contributed by atoms with van der Waals surface area (Å²) < 4.78 is 0.629. The molecule has 0 bridgehead atoms. The molecule has 0 aliphatic carbocycles. The maximum absolute atomic E-state index is 12.2. The van der Waals surface area contributed by atoms with Gasteiger partial charge in [-0.05, 0) is 36.9 Å². The Balaban J connectivity index is 1.68. The second-order valence-corrected chi connectivity index (χ2v) is 6.38. The summed E-state index contributed by atoms with van der Waals surface area (Å²) in [5.74, 6) is 1.05. The summed E-state index contributed by atoms with van der Waals surface area (Å²) in [4.78, 5) is 32.9. The fraction of sp³-hybridized carbons (Fsp3) is 0.500. The molecule has 0 radical (unpaired) electrons. The highest BCUT2D eigenvalue weighted by Crippen LogP contribution is 2.16. The normalized spacial score (nSPS) is 18.2. The van der Waals surface area contributed by atoms with Crippen molar-refractivity contribution in [2.75, 3.05) is 20.1 Å². The van der Waals surface area contributed by atoms with Crippen molar-refractivity contribution in [3.05, 3.63) is 27.6 Å². The largest absolute Gasteiger partial charge is 0.338 e. The molecule has 1 fully saturated rings. The predicted octanol–water partition coefficient (Wildman–Crippen LogP) is 0.943. The average molecular weight is 306 g/mol. The highest BCUT2D eigenvalue weighted by molar-refractivity contribution is 7.17. The lowest BCUT2D eigenvalue weighted by atomic mass is 10.0. The van der Waals surface area contributed by atoms with Crippen LogP contribution >= 0.6 is 11.3 Å². The van der Waals surface area contributed by atoms with Crippen molar-refractivity contribution in [3.8, 4) is 0 Å². The first-order chi connectivity index (χ1) is 10.1. The van der Waals surface area contributed by atoms with Gasteiger partial charge in [0.05, 0.1) is 12.1 Å². The minimum absolute atomic E-state index is 0.0942. The predicted molar refractivity (Wildman–Crippen MR) is 82.3 cm³/mol. The van der Waals surface area contributed by atoms with Gasteiger partial charge in [0.25, 0.3) is 5.56 Å². The van der Waals surface area contributed by atoms with Crippen LogP contribution in [0.25, 0.3) is 10.2 Å². The molecule has 1 aliphatic heterocycles. The van der Waals surface area contributed by atoms with Crippen LogP contribution in [0, 0.1) is 5.92 Å². The first-order valence-corrected chi connectivity index (χ1v) is 7.92. The lowest BCUT2D eigenvalue weighted by Gasteiger charge is -2.18. The molecule has 2 aromatic heterocycles. The molecule has 2 aromatic rings. The van der Waals surface area contributed by atoms with E-state index in [1.165, 1.54) is 11.3 Å². The molecule has 1 amide bonds. The SMILES string of the molecule is CN(Cc1nc2ccsc2c(=O)[nH]1)C(=O)CC1CCNC1. The van der Waals surface area contributed by atoms with Crippen molar-refractivity contribution in [2.45, 2.75) is 19.4 Å². The Hall–Kier alpha value is -1.73. The number of thiophene rings is 1. The summed E-state index contributed by atoms with van der Waals surface area (Å²) in [6, 6.07) is 1.82. The number of carbonyl (C=O) groups excluding carboxylic acids is 1. The molecule has 1 atom stereocenters. The Morgan fingerprint density at radius 2 is 2.43 bits per heavy atom. The van der Waals surface area contributed by atoms with E-state index < -0.39 is 0 Å². The van der Waals surface area contributed by atoms with Gasteiger partial charge in [0, 0.05) is 13.5 Å². The lowest BCUT2D eigenvalue weighted by molar-refractivity contribution is -0.131. The fourth-order valence-corrected chi connectivity index (χ4v) is 3.33. The smallest absolute Gasteiger partial charge is 0.268 e. The zero-order chi connectivity index (χ0) is 14.8. The zero-order valence-corrected chi connectivity index (χ0v) is 12.7. The summed E-state index contributed by atoms with van der Waals surface area (Å²) in [6.07, 6.45) is 1.60. The second kappa shape index (κ2) is 5.95. The molecular formula is C14H18N4O2S. The van der Waals surface area contributed by atoms with Gasteiger partial charge in [0.2, 0.25) is 5.91 Å². The van der Waals surface area contributed by atoms with Crippen LogP contribution in [-0.2, 0) is 11.3 Å². The van der Waals surface area contributed by atoms with Crippen molar-refractivity contribution in [2.24, 2.45) is 5.92 Å². The third kappa shape index (κ3) is 3.14. The van der Waals surface area contributed by atoms with Crippen LogP contribution in [0.5, 0.6) is 0 Å². The van der Waals surface area contributed by atoms with Crippen molar-refractivity contribution in [1.82, 2.24) is 20.2 Å². The van der Waals surface area contributed by atoms with E-state index in [9.17, 15) is 9.59 Å². The number of hydrogen-bond acceptors (Lipinski definition) is 5. The van der Waals surface area contributed by atoms with E-state index in [2.05, 4.69) is 15.3 Å². The molecule has 6 nitrogen and oxygen atoms in total. The number of nitrogens with zero attached hydrogens (tertiary/aromatic N) is 2. The van der Waals surface area contributed by atoms with Crippen LogP contribution in [0.3, 0.4) is 0 Å². The van der Waals surface area contributed by atoms with Crippen molar-refractivity contribution >= 4 is 27.5 Å². The van der Waals surface area contributed by atoms with E-state index in [0.29, 0.717) is 34.9 Å². The summed E-state index contributed by atoms with van der Waals surface area (Å²) in [7, 11) is 1.75. The molecule has 2 N–H and O–H groups in total. The van der Waals surface area contributed by atoms with Crippen LogP contribution < -0.4 is 10.9 Å². The monoisotopic (exact) mass is 306 g/mol. The fourth-order valence-electron chi connectivity index (χ4n) is 2.60. The highest BCUT2D eigenvalue weighted by Gasteiger charge is 2.20. The number of nitrogens with one attached hydrogen (secondary N) is 2. The Bertz CT molecular complexity index is 702. The average Bonchev–Trinajstić information content (AvgIpc) is 3.09. The zero-order valence-electron chi connectivity index (χ0n) is 11.9. The quantitative estimate of drug-likeness (QED) is 0.881. The number of hydrogen-bond donors (Lipinski definition) is 2. The molecular weight excluding hydrogens is 288 g/mol. The molecule has 0 saturated carbocycles. The minimum Gasteiger partial charge on any atom is -0.338 e. The number of aromatic nitrogens is 2. The minimum atomic E-state index is -0.133. The highest BCUT2D eigenvalue weighted by atomic mass is 32.1. The number of carbonyl (C=O) groups is 1. The van der Waals surface area contributed by atoms with Gasteiger partial charge in [-0.1, -0.05) is 0 Å². The van der Waals surface area contributed by atoms with Crippen molar-refractivity contribution in [1.29, 1.82) is 0 Å². The van der Waals surface area contributed by atoms with E-state index >= 15 is 0 Å². The first-order valence-electron chi connectivity index (χ1n) is 7.04. The maximum atomic E-state index is 12.2. The van der Waals surface area contributed by atoms with Crippen molar-refractivity contribution in [3.63, 3.8) is 0 Å². The van der Waals surface area contributed by atoms with E-state index in [1.54, 1.807) is 11.9 Å². The topological polar surface area (TPSA) is 78.1 Å². The third-order valence-corrected chi connectivity index (χ3v) is 4.70. The van der Waals surface area contributed by atoms with Gasteiger partial charge in [0.15, 0.2) is 0 Å². The Morgan fingerprint density at radius 3 is 3.19 bits per heavy atom. The number of amides is 1. The molecule has 0 aromatic carbocycles. The molecule has 1 saturated heterocycles. The van der Waals surface area contributed by atoms with Gasteiger partial charge in [-0.15, -0.1) is 11.3 Å². The first kappa shape index (κ1) is 14.2. The van der Waals surface area contributed by atoms with Gasteiger partial charge in [0.1, 0.15) is 10.5 Å². The van der Waals surface area contributed by atoms with Gasteiger partial charge < -0.3 is 15.2 Å². The second-order valence-electron chi connectivity index (χ2n) is 5.46. The Labute approximate surface area is 126 Å². The van der Waals surface area contributed by atoms with Gasteiger partial charge in [-0.3, -0.25) is 9.59 Å². The lowest BCUT2D eigenvalue weighted by Crippen LogP contribution is -2.30. The van der Waals surface area contributed by atoms with Gasteiger partial charge in [-0.2, -0.15) is 0 Å². The number of aromatic amines is 1. The molecule has 1 unspecified atom stereocenters. The molecule has 21 heavy (non-hydrogen) atoms. The van der Waals surface area contributed by atoms with Crippen LogP contribution in [-0.4, -0.2) is 40.9 Å². The summed E-state index contributed by atoms with van der Waals surface area (Å²) in [5, 5.41) is 5.11. The van der Waals surface area contributed by atoms with Crippen molar-refractivity contribution < 1.29 is 4.79 Å². The molecule has 3 rings (SSSR count). The van der Waals surface area contributed by atoms with Crippen LogP contribution in [0.2, 0.25) is 0 Å². The van der Waals surface area contributed by atoms with E-state index in [4.69, 9.17) is 0 Å². The van der Waals surface area contributed by atoms with Crippen LogP contribution in [0.1, 0.15) is 18.7 Å². The summed E-state index contributed by atoms with van der Waals surface area (Å²) in [5.41, 5.74) is 0.561. The van der Waals surface area contributed by atoms with Gasteiger partial charge >= 0.3 is 0 Å². The van der Waals surface area contributed by atoms with E-state index in [0.717, 1.165) is 19.5 Å². The molecule has 1 aliphatic rings. The molecule has 3 heterocycles. The van der Waals surface area contributed by atoms with Gasteiger partial charge in [-0.25, -0.2) is 4.98 Å². The number of fused-ring (bicyclic) bond motifs is 1. The molecule has 112 valence electrons. The van der Waals surface area contributed by atoms with E-state index in [-0.39, 0.29) is 11.5 Å². The number of rotatable bonds is 4. The summed E-state index contributed by atoms with van der Waals surface area (Å²) in [6.45, 7) is 2.24. The van der Waals surface area contributed by atoms with Crippen LogP contribution in [0.15, 0.2) is 16.2 Å². The third-order valence-electron chi connectivity index (χ3n) is 3.80. The molecule has 0 spiro atoms. The maximum Gasteiger partial charge on any atom is 0.268 e. The Morgan fingerprint density at radius 1 is 1.57 bits per heavy atom. The number of H-pyrrole nitrogens is 1.